The van der Waals surface area contributed by atoms with Crippen LogP contribution in [-0.2, 0) is 14.6 Å². The first kappa shape index (κ1) is 18.5. The molecule has 0 spiro atoms. The normalized spacial score (nSPS) is 19.4. The number of hydrogen-bond acceptors (Lipinski definition) is 7. The molecule has 0 aromatic heterocycles. The van der Waals surface area contributed by atoms with Crippen molar-refractivity contribution in [1.29, 1.82) is 0 Å². The summed E-state index contributed by atoms with van der Waals surface area (Å²) in [6.45, 7) is 2.23. The van der Waals surface area contributed by atoms with Crippen molar-refractivity contribution >= 4 is 21.2 Å². The number of rotatable bonds is 6. The number of nitro groups is 1. The van der Waals surface area contributed by atoms with E-state index < -0.39 is 31.1 Å². The van der Waals surface area contributed by atoms with Gasteiger partial charge in [-0.2, -0.15) is 8.78 Å². The van der Waals surface area contributed by atoms with E-state index in [2.05, 4.69) is 5.32 Å². The first-order valence-corrected chi connectivity index (χ1v) is 8.61. The molecule has 0 amide bonds. The summed E-state index contributed by atoms with van der Waals surface area (Å²) in [7, 11) is -2.97. The molecule has 2 rings (SSSR count). The van der Waals surface area contributed by atoms with Crippen LogP contribution in [0.4, 0.5) is 20.2 Å². The molecular weight excluding hydrogens is 348 g/mol. The Bertz CT molecular complexity index is 714. The zero-order chi connectivity index (χ0) is 17.9. The van der Waals surface area contributed by atoms with E-state index in [0.717, 1.165) is 18.7 Å². The van der Waals surface area contributed by atoms with Gasteiger partial charge in [-0.25, -0.2) is 8.42 Å². The van der Waals surface area contributed by atoms with Crippen LogP contribution in [0.5, 0.6) is 0 Å². The van der Waals surface area contributed by atoms with Crippen LogP contribution >= 0.6 is 0 Å². The largest absolute Gasteiger partial charge is 0.377 e. The van der Waals surface area contributed by atoms with Gasteiger partial charge in [-0.05, 0) is 19.2 Å². The average Bonchev–Trinajstić information content (AvgIpc) is 2.52. The summed E-state index contributed by atoms with van der Waals surface area (Å²) in [6.07, 6.45) is -0.187. The van der Waals surface area contributed by atoms with Gasteiger partial charge < -0.3 is 15.0 Å². The minimum Gasteiger partial charge on any atom is -0.377 e. The Hall–Kier alpha value is -1.85. The number of likely N-dealkylation sites (N-methyl/N-ethyl adjacent to an activating group) is 1. The number of morpholine rings is 1. The monoisotopic (exact) mass is 365 g/mol. The van der Waals surface area contributed by atoms with Crippen molar-refractivity contribution < 1.29 is 26.9 Å². The van der Waals surface area contributed by atoms with E-state index >= 15 is 0 Å². The second-order valence-electron chi connectivity index (χ2n) is 5.38. The summed E-state index contributed by atoms with van der Waals surface area (Å²) in [5.74, 6) is -3.64. The van der Waals surface area contributed by atoms with Gasteiger partial charge in [-0.15, -0.1) is 0 Å². The summed E-state index contributed by atoms with van der Waals surface area (Å²) in [4.78, 5) is 11.6. The van der Waals surface area contributed by atoms with Crippen molar-refractivity contribution in [2.75, 3.05) is 38.6 Å². The lowest BCUT2D eigenvalue weighted by Gasteiger charge is -2.30. The first-order valence-electron chi connectivity index (χ1n) is 7.06. The van der Waals surface area contributed by atoms with Gasteiger partial charge >= 0.3 is 5.76 Å². The van der Waals surface area contributed by atoms with Gasteiger partial charge in [0.2, 0.25) is 9.84 Å². The fourth-order valence-corrected chi connectivity index (χ4v) is 3.05. The molecule has 134 valence electrons. The highest BCUT2D eigenvalue weighted by Gasteiger charge is 2.29. The number of ether oxygens (including phenoxy) is 1. The van der Waals surface area contributed by atoms with E-state index in [1.54, 1.807) is 0 Å². The van der Waals surface area contributed by atoms with Crippen molar-refractivity contribution in [1.82, 2.24) is 4.90 Å². The molecule has 1 fully saturated rings. The molecule has 0 saturated carbocycles. The van der Waals surface area contributed by atoms with E-state index in [-0.39, 0.29) is 18.3 Å². The SMILES string of the molecule is CN1CCOC(CNc2ccc(S(=O)(=O)C(F)F)cc2[N+](=O)[O-])C1. The summed E-state index contributed by atoms with van der Waals surface area (Å²) in [5.41, 5.74) is -0.536. The van der Waals surface area contributed by atoms with Gasteiger partial charge in [0.15, 0.2) is 0 Å². The molecule has 0 aliphatic carbocycles. The summed E-state index contributed by atoms with van der Waals surface area (Å²) >= 11 is 0. The zero-order valence-corrected chi connectivity index (χ0v) is 13.6. The van der Waals surface area contributed by atoms with Crippen molar-refractivity contribution in [2.24, 2.45) is 0 Å². The molecule has 11 heteroatoms. The van der Waals surface area contributed by atoms with E-state index in [9.17, 15) is 27.3 Å². The minimum atomic E-state index is -4.89. The second kappa shape index (κ2) is 7.36. The number of halogens is 2. The molecule has 1 unspecified atom stereocenters. The van der Waals surface area contributed by atoms with Gasteiger partial charge in [-0.1, -0.05) is 0 Å². The number of nitrogens with zero attached hydrogens (tertiary/aromatic N) is 2. The number of anilines is 1. The smallest absolute Gasteiger partial charge is 0.341 e. The Labute approximate surface area is 137 Å². The number of benzene rings is 1. The molecule has 1 heterocycles. The fraction of sp³-hybridized carbons (Fsp3) is 0.538. The Morgan fingerprint density at radius 3 is 2.79 bits per heavy atom. The topological polar surface area (TPSA) is 102 Å². The van der Waals surface area contributed by atoms with Gasteiger partial charge in [0.05, 0.1) is 22.5 Å². The highest BCUT2D eigenvalue weighted by molar-refractivity contribution is 7.91. The summed E-state index contributed by atoms with van der Waals surface area (Å²) in [5, 5.41) is 13.9. The van der Waals surface area contributed by atoms with E-state index in [1.807, 2.05) is 11.9 Å². The van der Waals surface area contributed by atoms with Gasteiger partial charge in [0, 0.05) is 25.7 Å². The molecule has 0 radical (unpaired) electrons. The number of hydrogen-bond donors (Lipinski definition) is 1. The molecule has 1 saturated heterocycles. The van der Waals surface area contributed by atoms with Crippen LogP contribution in [0.15, 0.2) is 23.1 Å². The van der Waals surface area contributed by atoms with Crippen LogP contribution in [0, 0.1) is 10.1 Å². The molecule has 1 aromatic carbocycles. The molecule has 1 aliphatic heterocycles. The lowest BCUT2D eigenvalue weighted by molar-refractivity contribution is -0.384. The third-order valence-electron chi connectivity index (χ3n) is 3.59. The molecule has 1 aliphatic rings. The van der Waals surface area contributed by atoms with Crippen molar-refractivity contribution in [3.05, 3.63) is 28.3 Å². The summed E-state index contributed by atoms with van der Waals surface area (Å²) in [6, 6.07) is 2.67. The third-order valence-corrected chi connectivity index (χ3v) is 4.97. The average molecular weight is 365 g/mol. The van der Waals surface area contributed by atoms with Crippen LogP contribution in [-0.4, -0.2) is 63.4 Å². The first-order chi connectivity index (χ1) is 11.2. The molecule has 8 nitrogen and oxygen atoms in total. The van der Waals surface area contributed by atoms with Gasteiger partial charge in [-0.3, -0.25) is 10.1 Å². The Balaban J connectivity index is 2.19. The molecule has 1 N–H and O–H groups in total. The molecule has 1 aromatic rings. The predicted octanol–water partition coefficient (Wildman–Crippen LogP) is 1.33. The van der Waals surface area contributed by atoms with Crippen molar-refractivity contribution in [3.8, 4) is 0 Å². The minimum absolute atomic E-state index is 0.0463. The molecule has 0 bridgehead atoms. The lowest BCUT2D eigenvalue weighted by atomic mass is 10.2. The van der Waals surface area contributed by atoms with E-state index in [0.29, 0.717) is 19.2 Å². The van der Waals surface area contributed by atoms with Gasteiger partial charge in [0.25, 0.3) is 5.69 Å². The number of nitro benzene ring substituents is 1. The van der Waals surface area contributed by atoms with Gasteiger partial charge in [0.1, 0.15) is 5.69 Å². The fourth-order valence-electron chi connectivity index (χ4n) is 2.31. The highest BCUT2D eigenvalue weighted by Crippen LogP contribution is 2.29. The molecule has 1 atom stereocenters. The Morgan fingerprint density at radius 1 is 1.50 bits per heavy atom. The van der Waals surface area contributed by atoms with Crippen LogP contribution in [0.25, 0.3) is 0 Å². The summed E-state index contributed by atoms with van der Waals surface area (Å²) < 4.78 is 53.5. The van der Waals surface area contributed by atoms with Crippen molar-refractivity contribution in [3.63, 3.8) is 0 Å². The van der Waals surface area contributed by atoms with Crippen LogP contribution in [0.1, 0.15) is 0 Å². The molecule has 24 heavy (non-hydrogen) atoms. The second-order valence-corrected chi connectivity index (χ2v) is 7.30. The number of alkyl halides is 2. The van der Waals surface area contributed by atoms with Crippen LogP contribution in [0.2, 0.25) is 0 Å². The Morgan fingerprint density at radius 2 is 2.21 bits per heavy atom. The van der Waals surface area contributed by atoms with Crippen molar-refractivity contribution in [2.45, 2.75) is 16.8 Å². The molecular formula is C13H17F2N3O5S. The highest BCUT2D eigenvalue weighted by atomic mass is 32.2. The maximum Gasteiger partial charge on any atom is 0.341 e. The van der Waals surface area contributed by atoms with E-state index in [1.165, 1.54) is 0 Å². The maximum atomic E-state index is 12.6. The predicted molar refractivity (Wildman–Crippen MR) is 82.0 cm³/mol. The number of nitrogens with one attached hydrogen (secondary N) is 1. The quantitative estimate of drug-likeness (QED) is 0.599. The number of sulfone groups is 1. The lowest BCUT2D eigenvalue weighted by Crippen LogP contribution is -2.43. The third kappa shape index (κ3) is 4.16. The van der Waals surface area contributed by atoms with E-state index in [4.69, 9.17) is 4.74 Å². The Kier molecular flexibility index (Phi) is 5.67. The zero-order valence-electron chi connectivity index (χ0n) is 12.8. The standard InChI is InChI=1S/C13H17F2N3O5S/c1-17-4-5-23-9(8-17)7-16-11-3-2-10(6-12(11)18(19)20)24(21,22)13(14)15/h2-3,6,9,13,16H,4-5,7-8H2,1H3. The van der Waals surface area contributed by atoms with Crippen LogP contribution in [0.3, 0.4) is 0 Å². The van der Waals surface area contributed by atoms with Crippen LogP contribution < -0.4 is 5.32 Å². The maximum absolute atomic E-state index is 12.6.